The molecule has 0 heterocycles. The maximum Gasteiger partial charge on any atom is 0.334 e. The Hall–Kier alpha value is -3.13. The normalized spacial score (nSPS) is 12.3. The summed E-state index contributed by atoms with van der Waals surface area (Å²) < 4.78 is 5.49. The third-order valence-electron chi connectivity index (χ3n) is 4.66. The van der Waals surface area contributed by atoms with Gasteiger partial charge in [-0.15, -0.1) is 0 Å². The average Bonchev–Trinajstić information content (AvgIpc) is 3.01. The Labute approximate surface area is 147 Å². The molecule has 1 aliphatic rings. The molecule has 0 amide bonds. The quantitative estimate of drug-likeness (QED) is 0.492. The fourth-order valence-corrected chi connectivity index (χ4v) is 3.46. The van der Waals surface area contributed by atoms with Crippen molar-refractivity contribution < 1.29 is 9.53 Å². The number of esters is 1. The Morgan fingerprint density at radius 1 is 0.800 bits per heavy atom. The van der Waals surface area contributed by atoms with Gasteiger partial charge in [-0.2, -0.15) is 0 Å². The van der Waals surface area contributed by atoms with Gasteiger partial charge < -0.3 is 4.74 Å². The first-order valence-corrected chi connectivity index (χ1v) is 8.34. The van der Waals surface area contributed by atoms with E-state index in [1.165, 1.54) is 11.1 Å². The minimum atomic E-state index is -0.347. The molecule has 0 saturated carbocycles. The van der Waals surface area contributed by atoms with Gasteiger partial charge in [-0.1, -0.05) is 85.4 Å². The van der Waals surface area contributed by atoms with Crippen molar-refractivity contribution in [3.8, 4) is 11.1 Å². The van der Waals surface area contributed by atoms with Crippen LogP contribution in [0.25, 0.3) is 11.1 Å². The van der Waals surface area contributed by atoms with Crippen LogP contribution in [0.15, 0.2) is 91.0 Å². The van der Waals surface area contributed by atoms with Crippen molar-refractivity contribution in [3.05, 3.63) is 108 Å². The third-order valence-corrected chi connectivity index (χ3v) is 4.66. The second kappa shape index (κ2) is 6.40. The molecule has 0 fully saturated rings. The van der Waals surface area contributed by atoms with Gasteiger partial charge in [-0.05, 0) is 27.8 Å². The van der Waals surface area contributed by atoms with E-state index in [2.05, 4.69) is 30.8 Å². The van der Waals surface area contributed by atoms with Crippen molar-refractivity contribution in [2.24, 2.45) is 0 Å². The van der Waals surface area contributed by atoms with E-state index in [9.17, 15) is 4.79 Å². The van der Waals surface area contributed by atoms with E-state index in [1.807, 2.05) is 54.6 Å². The van der Waals surface area contributed by atoms with Crippen molar-refractivity contribution in [1.82, 2.24) is 0 Å². The van der Waals surface area contributed by atoms with Crippen LogP contribution in [-0.2, 0) is 16.1 Å². The Morgan fingerprint density at radius 2 is 1.32 bits per heavy atom. The summed E-state index contributed by atoms with van der Waals surface area (Å²) >= 11 is 0. The summed E-state index contributed by atoms with van der Waals surface area (Å²) in [6.45, 7) is 4.33. The van der Waals surface area contributed by atoms with Gasteiger partial charge in [0.1, 0.15) is 6.61 Å². The largest absolute Gasteiger partial charge is 0.457 e. The zero-order valence-corrected chi connectivity index (χ0v) is 13.8. The van der Waals surface area contributed by atoms with Gasteiger partial charge in [0.05, 0.1) is 0 Å². The predicted octanol–water partition coefficient (Wildman–Crippen LogP) is 5.10. The van der Waals surface area contributed by atoms with Crippen LogP contribution < -0.4 is 0 Å². The van der Waals surface area contributed by atoms with Crippen LogP contribution in [0.5, 0.6) is 0 Å². The van der Waals surface area contributed by atoms with Gasteiger partial charge in [0.25, 0.3) is 0 Å². The van der Waals surface area contributed by atoms with Crippen LogP contribution in [0.4, 0.5) is 0 Å². The van der Waals surface area contributed by atoms with E-state index >= 15 is 0 Å². The van der Waals surface area contributed by atoms with Gasteiger partial charge in [0.2, 0.25) is 0 Å². The lowest BCUT2D eigenvalue weighted by Crippen LogP contribution is -2.13. The highest BCUT2D eigenvalue weighted by Gasteiger charge is 2.33. The molecule has 0 atom stereocenters. The van der Waals surface area contributed by atoms with E-state index in [4.69, 9.17) is 4.74 Å². The molecular formula is C23H18O2. The zero-order valence-electron chi connectivity index (χ0n) is 13.8. The summed E-state index contributed by atoms with van der Waals surface area (Å²) in [4.78, 5) is 12.6. The van der Waals surface area contributed by atoms with Gasteiger partial charge in [-0.3, -0.25) is 0 Å². The summed E-state index contributed by atoms with van der Waals surface area (Å²) in [5.74, 6) is -0.490. The first-order chi connectivity index (χ1) is 12.3. The molecule has 4 rings (SSSR count). The molecule has 0 N–H and O–H groups in total. The number of hydrogen-bond donors (Lipinski definition) is 0. The molecule has 0 unspecified atom stereocenters. The number of carbonyl (C=O) groups is 1. The van der Waals surface area contributed by atoms with Crippen LogP contribution in [-0.4, -0.2) is 5.97 Å². The van der Waals surface area contributed by atoms with Crippen LogP contribution in [0.2, 0.25) is 0 Å². The molecular weight excluding hydrogens is 308 g/mol. The van der Waals surface area contributed by atoms with Crippen molar-refractivity contribution in [2.45, 2.75) is 12.5 Å². The predicted molar refractivity (Wildman–Crippen MR) is 99.1 cm³/mol. The third kappa shape index (κ3) is 2.76. The molecule has 0 saturated heterocycles. The van der Waals surface area contributed by atoms with E-state index in [0.717, 1.165) is 16.7 Å². The molecule has 25 heavy (non-hydrogen) atoms. The number of benzene rings is 3. The molecule has 3 aromatic rings. The van der Waals surface area contributed by atoms with Gasteiger partial charge in [0, 0.05) is 11.5 Å². The van der Waals surface area contributed by atoms with Gasteiger partial charge in [-0.25, -0.2) is 4.79 Å². The fourth-order valence-electron chi connectivity index (χ4n) is 3.46. The second-order valence-electron chi connectivity index (χ2n) is 6.19. The highest BCUT2D eigenvalue weighted by Crippen LogP contribution is 2.47. The summed E-state index contributed by atoms with van der Waals surface area (Å²) in [5.41, 5.74) is 6.01. The van der Waals surface area contributed by atoms with Crippen LogP contribution >= 0.6 is 0 Å². The Balaban J connectivity index is 1.60. The summed E-state index contributed by atoms with van der Waals surface area (Å²) in [5, 5.41) is 0. The van der Waals surface area contributed by atoms with Crippen molar-refractivity contribution >= 4 is 5.97 Å². The lowest BCUT2D eigenvalue weighted by molar-refractivity contribution is -0.140. The number of hydrogen-bond acceptors (Lipinski definition) is 2. The minimum absolute atomic E-state index is 0.143. The van der Waals surface area contributed by atoms with Crippen molar-refractivity contribution in [2.75, 3.05) is 0 Å². The van der Waals surface area contributed by atoms with Gasteiger partial charge in [0.15, 0.2) is 0 Å². The SMILES string of the molecule is C=C(C(=O)OCc1ccccc1)C1c2ccccc2-c2ccccc21. The Kier molecular flexibility index (Phi) is 3.95. The molecule has 122 valence electrons. The number of carbonyl (C=O) groups excluding carboxylic acids is 1. The number of rotatable bonds is 4. The molecule has 1 aliphatic carbocycles. The van der Waals surface area contributed by atoms with E-state index < -0.39 is 0 Å². The second-order valence-corrected chi connectivity index (χ2v) is 6.19. The number of fused-ring (bicyclic) bond motifs is 3. The van der Waals surface area contributed by atoms with Crippen LogP contribution in [0, 0.1) is 0 Å². The molecule has 0 radical (unpaired) electrons. The Bertz CT molecular complexity index is 896. The summed E-state index contributed by atoms with van der Waals surface area (Å²) in [6.07, 6.45) is 0. The molecule has 0 aliphatic heterocycles. The molecule has 0 bridgehead atoms. The minimum Gasteiger partial charge on any atom is -0.457 e. The standard InChI is InChI=1S/C23H18O2/c1-16(23(24)25-15-17-9-3-2-4-10-17)22-20-13-7-5-11-18(20)19-12-6-8-14-21(19)22/h2-14,22H,1,15H2. The topological polar surface area (TPSA) is 26.3 Å². The highest BCUT2D eigenvalue weighted by molar-refractivity contribution is 5.94. The first-order valence-electron chi connectivity index (χ1n) is 8.34. The van der Waals surface area contributed by atoms with Gasteiger partial charge >= 0.3 is 5.97 Å². The maximum absolute atomic E-state index is 12.6. The summed E-state index contributed by atoms with van der Waals surface area (Å²) in [6, 6.07) is 26.0. The van der Waals surface area contributed by atoms with Crippen LogP contribution in [0.1, 0.15) is 22.6 Å². The summed E-state index contributed by atoms with van der Waals surface area (Å²) in [7, 11) is 0. The molecule has 3 aromatic carbocycles. The smallest absolute Gasteiger partial charge is 0.334 e. The molecule has 0 aromatic heterocycles. The van der Waals surface area contributed by atoms with E-state index in [-0.39, 0.29) is 18.5 Å². The van der Waals surface area contributed by atoms with Crippen molar-refractivity contribution in [1.29, 1.82) is 0 Å². The monoisotopic (exact) mass is 326 g/mol. The lowest BCUT2D eigenvalue weighted by atomic mass is 9.90. The van der Waals surface area contributed by atoms with E-state index in [0.29, 0.717) is 5.57 Å². The Morgan fingerprint density at radius 3 is 1.92 bits per heavy atom. The fraction of sp³-hybridized carbons (Fsp3) is 0.0870. The highest BCUT2D eigenvalue weighted by atomic mass is 16.5. The van der Waals surface area contributed by atoms with E-state index in [1.54, 1.807) is 0 Å². The molecule has 2 heteroatoms. The number of ether oxygens (including phenoxy) is 1. The van der Waals surface area contributed by atoms with Crippen molar-refractivity contribution in [3.63, 3.8) is 0 Å². The zero-order chi connectivity index (χ0) is 17.2. The molecule has 0 spiro atoms. The maximum atomic E-state index is 12.6. The lowest BCUT2D eigenvalue weighted by Gasteiger charge is -2.16. The molecule has 2 nitrogen and oxygen atoms in total. The average molecular weight is 326 g/mol. The first kappa shape index (κ1) is 15.4. The van der Waals surface area contributed by atoms with Crippen LogP contribution in [0.3, 0.4) is 0 Å².